The Morgan fingerprint density at radius 1 is 1.28 bits per heavy atom. The fourth-order valence-electron chi connectivity index (χ4n) is 1.74. The number of nitrogens with zero attached hydrogens (tertiary/aromatic N) is 3. The summed E-state index contributed by atoms with van der Waals surface area (Å²) < 4.78 is 5.11. The molecule has 2 aromatic heterocycles. The molecule has 1 atom stereocenters. The summed E-state index contributed by atoms with van der Waals surface area (Å²) in [6.45, 7) is 0. The lowest BCUT2D eigenvalue weighted by Crippen LogP contribution is -2.20. The average Bonchev–Trinajstić information content (AvgIpc) is 2.46. The van der Waals surface area contributed by atoms with Crippen molar-refractivity contribution in [3.8, 4) is 5.88 Å². The van der Waals surface area contributed by atoms with E-state index in [1.165, 1.54) is 6.33 Å². The molecule has 0 fully saturated rings. The maximum absolute atomic E-state index is 5.11. The Kier molecular flexibility index (Phi) is 4.20. The van der Waals surface area contributed by atoms with E-state index in [2.05, 4.69) is 20.3 Å². The molecule has 0 saturated carbocycles. The summed E-state index contributed by atoms with van der Waals surface area (Å²) >= 11 is 0. The van der Waals surface area contributed by atoms with E-state index in [0.29, 0.717) is 5.88 Å². The van der Waals surface area contributed by atoms with Gasteiger partial charge in [0.15, 0.2) is 0 Å². The lowest BCUT2D eigenvalue weighted by molar-refractivity contribution is 0.394. The summed E-state index contributed by atoms with van der Waals surface area (Å²) in [6.07, 6.45) is 4.08. The van der Waals surface area contributed by atoms with Gasteiger partial charge in [0.05, 0.1) is 18.8 Å². The number of likely N-dealkylation sites (N-methyl/N-ethyl adjacent to an activating group) is 1. The number of rotatable bonds is 5. The van der Waals surface area contributed by atoms with E-state index in [0.717, 1.165) is 17.8 Å². The first-order chi connectivity index (χ1) is 8.83. The Balaban J connectivity index is 2.17. The van der Waals surface area contributed by atoms with Crippen LogP contribution in [-0.4, -0.2) is 29.1 Å². The molecule has 2 aromatic rings. The second-order valence-corrected chi connectivity index (χ2v) is 3.85. The average molecular weight is 244 g/mol. The molecule has 0 radical (unpaired) electrons. The second kappa shape index (κ2) is 6.07. The Hall–Kier alpha value is -2.01. The minimum atomic E-state index is 0.0943. The summed E-state index contributed by atoms with van der Waals surface area (Å²) in [5.41, 5.74) is 1.92. The Labute approximate surface area is 106 Å². The highest BCUT2D eigenvalue weighted by Crippen LogP contribution is 2.17. The van der Waals surface area contributed by atoms with Gasteiger partial charge in [0, 0.05) is 24.4 Å². The molecule has 0 aliphatic rings. The zero-order chi connectivity index (χ0) is 12.8. The number of ether oxygens (including phenoxy) is 1. The summed E-state index contributed by atoms with van der Waals surface area (Å²) in [6, 6.07) is 7.82. The van der Waals surface area contributed by atoms with Gasteiger partial charge in [-0.2, -0.15) is 0 Å². The van der Waals surface area contributed by atoms with E-state index >= 15 is 0 Å². The molecule has 2 rings (SSSR count). The smallest absolute Gasteiger partial charge is 0.216 e. The maximum Gasteiger partial charge on any atom is 0.216 e. The van der Waals surface area contributed by atoms with Gasteiger partial charge in [0.2, 0.25) is 5.88 Å². The van der Waals surface area contributed by atoms with Crippen molar-refractivity contribution in [1.82, 2.24) is 20.3 Å². The van der Waals surface area contributed by atoms with Gasteiger partial charge in [-0.15, -0.1) is 0 Å². The van der Waals surface area contributed by atoms with E-state index in [1.54, 1.807) is 13.3 Å². The van der Waals surface area contributed by atoms with Crippen LogP contribution in [0.1, 0.15) is 17.4 Å². The molecule has 0 amide bonds. The second-order valence-electron chi connectivity index (χ2n) is 3.85. The number of hydrogen-bond donors (Lipinski definition) is 1. The van der Waals surface area contributed by atoms with E-state index in [4.69, 9.17) is 4.74 Å². The number of nitrogens with one attached hydrogen (secondary N) is 1. The lowest BCUT2D eigenvalue weighted by atomic mass is 10.1. The van der Waals surface area contributed by atoms with Crippen LogP contribution in [0.15, 0.2) is 36.8 Å². The first-order valence-corrected chi connectivity index (χ1v) is 5.76. The van der Waals surface area contributed by atoms with Crippen molar-refractivity contribution >= 4 is 0 Å². The molecule has 0 aliphatic heterocycles. The zero-order valence-electron chi connectivity index (χ0n) is 10.5. The highest BCUT2D eigenvalue weighted by Gasteiger charge is 2.13. The summed E-state index contributed by atoms with van der Waals surface area (Å²) in [7, 11) is 3.50. The zero-order valence-corrected chi connectivity index (χ0v) is 10.5. The quantitative estimate of drug-likeness (QED) is 0.861. The van der Waals surface area contributed by atoms with Gasteiger partial charge in [0.1, 0.15) is 6.33 Å². The first kappa shape index (κ1) is 12.4. The molecule has 0 saturated heterocycles. The van der Waals surface area contributed by atoms with Crippen LogP contribution in [0, 0.1) is 0 Å². The molecule has 18 heavy (non-hydrogen) atoms. The van der Waals surface area contributed by atoms with Crippen LogP contribution in [0.5, 0.6) is 5.88 Å². The molecular weight excluding hydrogens is 228 g/mol. The summed E-state index contributed by atoms with van der Waals surface area (Å²) in [5.74, 6) is 0.571. The molecular formula is C13H16N4O. The predicted molar refractivity (Wildman–Crippen MR) is 68.3 cm³/mol. The summed E-state index contributed by atoms with van der Waals surface area (Å²) in [4.78, 5) is 12.6. The molecule has 1 N–H and O–H groups in total. The SMILES string of the molecule is CNC(Cc1ccccn1)c1cc(OC)ncn1. The molecule has 5 nitrogen and oxygen atoms in total. The van der Waals surface area contributed by atoms with Crippen LogP contribution < -0.4 is 10.1 Å². The fraction of sp³-hybridized carbons (Fsp3) is 0.308. The number of aromatic nitrogens is 3. The topological polar surface area (TPSA) is 59.9 Å². The molecule has 0 aliphatic carbocycles. The van der Waals surface area contributed by atoms with Crippen LogP contribution in [0.4, 0.5) is 0 Å². The van der Waals surface area contributed by atoms with Gasteiger partial charge in [0.25, 0.3) is 0 Å². The van der Waals surface area contributed by atoms with Gasteiger partial charge in [-0.05, 0) is 19.2 Å². The third-order valence-electron chi connectivity index (χ3n) is 2.72. The Bertz CT molecular complexity index is 489. The molecule has 0 spiro atoms. The van der Waals surface area contributed by atoms with E-state index < -0.39 is 0 Å². The van der Waals surface area contributed by atoms with Crippen molar-refractivity contribution in [2.24, 2.45) is 0 Å². The van der Waals surface area contributed by atoms with Gasteiger partial charge < -0.3 is 10.1 Å². The van der Waals surface area contributed by atoms with Gasteiger partial charge >= 0.3 is 0 Å². The minimum absolute atomic E-state index is 0.0943. The van der Waals surface area contributed by atoms with Crippen LogP contribution >= 0.6 is 0 Å². The van der Waals surface area contributed by atoms with E-state index in [1.807, 2.05) is 31.3 Å². The maximum atomic E-state index is 5.11. The van der Waals surface area contributed by atoms with Crippen molar-refractivity contribution in [1.29, 1.82) is 0 Å². The van der Waals surface area contributed by atoms with Gasteiger partial charge in [-0.1, -0.05) is 6.07 Å². The van der Waals surface area contributed by atoms with Crippen LogP contribution in [0.2, 0.25) is 0 Å². The molecule has 0 aromatic carbocycles. The van der Waals surface area contributed by atoms with E-state index in [9.17, 15) is 0 Å². The highest BCUT2D eigenvalue weighted by molar-refractivity contribution is 5.18. The molecule has 5 heteroatoms. The van der Waals surface area contributed by atoms with Gasteiger partial charge in [-0.3, -0.25) is 4.98 Å². The van der Waals surface area contributed by atoms with Crippen molar-refractivity contribution < 1.29 is 4.74 Å². The Morgan fingerprint density at radius 3 is 2.83 bits per heavy atom. The van der Waals surface area contributed by atoms with Crippen molar-refractivity contribution in [3.05, 3.63) is 48.2 Å². The van der Waals surface area contributed by atoms with Crippen molar-refractivity contribution in [2.75, 3.05) is 14.2 Å². The van der Waals surface area contributed by atoms with Crippen LogP contribution in [-0.2, 0) is 6.42 Å². The molecule has 0 bridgehead atoms. The van der Waals surface area contributed by atoms with Crippen LogP contribution in [0.25, 0.3) is 0 Å². The molecule has 2 heterocycles. The normalized spacial score (nSPS) is 12.1. The largest absolute Gasteiger partial charge is 0.481 e. The third-order valence-corrected chi connectivity index (χ3v) is 2.72. The van der Waals surface area contributed by atoms with Gasteiger partial charge in [-0.25, -0.2) is 9.97 Å². The number of hydrogen-bond acceptors (Lipinski definition) is 5. The van der Waals surface area contributed by atoms with Crippen LogP contribution in [0.3, 0.4) is 0 Å². The molecule has 94 valence electrons. The monoisotopic (exact) mass is 244 g/mol. The third kappa shape index (κ3) is 3.01. The number of pyridine rings is 1. The Morgan fingerprint density at radius 2 is 2.17 bits per heavy atom. The fourth-order valence-corrected chi connectivity index (χ4v) is 1.74. The number of methoxy groups -OCH3 is 1. The molecule has 1 unspecified atom stereocenters. The van der Waals surface area contributed by atoms with E-state index in [-0.39, 0.29) is 6.04 Å². The van der Waals surface area contributed by atoms with Crippen molar-refractivity contribution in [2.45, 2.75) is 12.5 Å². The summed E-state index contributed by atoms with van der Waals surface area (Å²) in [5, 5.41) is 3.23. The predicted octanol–water partition coefficient (Wildman–Crippen LogP) is 1.38. The highest BCUT2D eigenvalue weighted by atomic mass is 16.5. The van der Waals surface area contributed by atoms with Crippen molar-refractivity contribution in [3.63, 3.8) is 0 Å². The minimum Gasteiger partial charge on any atom is -0.481 e. The lowest BCUT2D eigenvalue weighted by Gasteiger charge is -2.15. The standard InChI is InChI=1S/C13H16N4O/c1-14-11(7-10-5-3-4-6-15-10)12-8-13(18-2)17-9-16-12/h3-6,8-9,11,14H,7H2,1-2H3. The first-order valence-electron chi connectivity index (χ1n) is 5.76.